The molecule has 1 aliphatic rings. The highest BCUT2D eigenvalue weighted by Gasteiger charge is 2.34. The van der Waals surface area contributed by atoms with Crippen LogP contribution in [0.25, 0.3) is 6.08 Å². The second kappa shape index (κ2) is 9.58. The number of hydrogen-bond acceptors (Lipinski definition) is 5. The van der Waals surface area contributed by atoms with Crippen molar-refractivity contribution in [1.82, 2.24) is 5.32 Å². The van der Waals surface area contributed by atoms with E-state index in [9.17, 15) is 14.4 Å². The van der Waals surface area contributed by atoms with Crippen molar-refractivity contribution in [2.45, 2.75) is 0 Å². The van der Waals surface area contributed by atoms with E-state index in [1.165, 1.54) is 11.0 Å². The van der Waals surface area contributed by atoms with Gasteiger partial charge in [-0.1, -0.05) is 11.6 Å². The van der Waals surface area contributed by atoms with Gasteiger partial charge in [-0.15, -0.1) is 0 Å². The molecular weight excluding hydrogens is 658 g/mol. The summed E-state index contributed by atoms with van der Waals surface area (Å²) in [4.78, 5) is 37.4. The van der Waals surface area contributed by atoms with E-state index >= 15 is 0 Å². The van der Waals surface area contributed by atoms with E-state index in [2.05, 4.69) is 5.32 Å². The molecule has 0 aliphatic carbocycles. The fraction of sp³-hybridized carbons (Fsp3) is 0.0526. The predicted octanol–water partition coefficient (Wildman–Crippen LogP) is 3.84. The molecule has 3 rings (SSSR count). The van der Waals surface area contributed by atoms with E-state index in [1.807, 2.05) is 45.2 Å². The van der Waals surface area contributed by atoms with Crippen LogP contribution in [-0.2, 0) is 14.4 Å². The molecule has 0 radical (unpaired) electrons. The Labute approximate surface area is 208 Å². The van der Waals surface area contributed by atoms with Crippen LogP contribution in [-0.4, -0.2) is 34.6 Å². The van der Waals surface area contributed by atoms with Crippen molar-refractivity contribution < 1.29 is 24.2 Å². The number of ether oxygens (including phenoxy) is 1. The molecule has 30 heavy (non-hydrogen) atoms. The standard InChI is InChI=1S/C19H11ClI2N2O5S/c20-10-1-3-11(4-2-10)24-18(28)12(17(27)23-19(24)30)5-9-6-13(21)16(14(22)7-9)29-8-15(25)26/h1-7H,8H2,(H,25,26)(H,23,27,30)/b12-5+. The quantitative estimate of drug-likeness (QED) is 0.218. The van der Waals surface area contributed by atoms with Crippen LogP contribution in [0.15, 0.2) is 42.0 Å². The first-order valence-electron chi connectivity index (χ1n) is 8.18. The summed E-state index contributed by atoms with van der Waals surface area (Å²) in [6.45, 7) is -0.471. The van der Waals surface area contributed by atoms with Crippen molar-refractivity contribution in [2.24, 2.45) is 0 Å². The summed E-state index contributed by atoms with van der Waals surface area (Å²) < 4.78 is 6.58. The van der Waals surface area contributed by atoms with Crippen LogP contribution in [0.5, 0.6) is 5.75 Å². The number of halogens is 3. The Bertz CT molecular complexity index is 1080. The third kappa shape index (κ3) is 5.10. The van der Waals surface area contributed by atoms with Gasteiger partial charge in [0, 0.05) is 5.02 Å². The molecule has 11 heteroatoms. The lowest BCUT2D eigenvalue weighted by atomic mass is 10.1. The molecule has 0 atom stereocenters. The number of thiocarbonyl (C=S) groups is 1. The highest BCUT2D eigenvalue weighted by Crippen LogP contribution is 2.30. The number of carboxylic acids is 1. The van der Waals surface area contributed by atoms with Crippen LogP contribution in [0.4, 0.5) is 5.69 Å². The molecule has 0 aromatic heterocycles. The second-order valence-electron chi connectivity index (χ2n) is 5.93. The van der Waals surface area contributed by atoms with E-state index in [-0.39, 0.29) is 10.7 Å². The van der Waals surface area contributed by atoms with Crippen molar-refractivity contribution >= 4 is 104 Å². The minimum atomic E-state index is -1.09. The normalized spacial score (nSPS) is 15.4. The van der Waals surface area contributed by atoms with Crippen LogP contribution < -0.4 is 15.0 Å². The first-order chi connectivity index (χ1) is 14.2. The fourth-order valence-corrected chi connectivity index (χ4v) is 5.12. The Morgan fingerprint density at radius 3 is 2.37 bits per heavy atom. The molecule has 2 aromatic rings. The van der Waals surface area contributed by atoms with Crippen LogP contribution in [0, 0.1) is 7.14 Å². The minimum absolute atomic E-state index is 0.0222. The zero-order valence-electron chi connectivity index (χ0n) is 14.8. The van der Waals surface area contributed by atoms with Crippen molar-refractivity contribution in [3.05, 3.63) is 59.7 Å². The number of nitrogens with zero attached hydrogens (tertiary/aromatic N) is 1. The third-order valence-electron chi connectivity index (χ3n) is 3.86. The molecule has 1 aliphatic heterocycles. The van der Waals surface area contributed by atoms with Gasteiger partial charge in [0.05, 0.1) is 12.8 Å². The van der Waals surface area contributed by atoms with E-state index in [0.29, 0.717) is 29.2 Å². The van der Waals surface area contributed by atoms with Gasteiger partial charge in [0.1, 0.15) is 11.3 Å². The number of nitrogens with one attached hydrogen (secondary N) is 1. The Kier molecular flexibility index (Phi) is 7.31. The number of carbonyl (C=O) groups is 3. The molecule has 1 saturated heterocycles. The SMILES string of the molecule is O=C(O)COc1c(I)cc(/C=C2\C(=O)NC(=S)N(c3ccc(Cl)cc3)C2=O)cc1I. The zero-order chi connectivity index (χ0) is 22.0. The number of amides is 2. The molecule has 0 unspecified atom stereocenters. The summed E-state index contributed by atoms with van der Waals surface area (Å²) in [6, 6.07) is 9.87. The summed E-state index contributed by atoms with van der Waals surface area (Å²) in [7, 11) is 0. The maximum atomic E-state index is 13.0. The van der Waals surface area contributed by atoms with Gasteiger partial charge in [0.25, 0.3) is 11.8 Å². The van der Waals surface area contributed by atoms with E-state index in [0.717, 1.165) is 0 Å². The lowest BCUT2D eigenvalue weighted by Gasteiger charge is -2.29. The molecule has 2 aromatic carbocycles. The van der Waals surface area contributed by atoms with Gasteiger partial charge in [-0.25, -0.2) is 4.79 Å². The maximum Gasteiger partial charge on any atom is 0.341 e. The summed E-state index contributed by atoms with van der Waals surface area (Å²) in [5.74, 6) is -1.84. The molecular formula is C19H11ClI2N2O5S. The number of carboxylic acid groups (broad SMARTS) is 1. The van der Waals surface area contributed by atoms with Gasteiger partial charge >= 0.3 is 5.97 Å². The first-order valence-corrected chi connectivity index (χ1v) is 11.1. The molecule has 2 amide bonds. The Hall–Kier alpha value is -1.77. The minimum Gasteiger partial charge on any atom is -0.480 e. The summed E-state index contributed by atoms with van der Waals surface area (Å²) >= 11 is 15.1. The number of benzene rings is 2. The number of carbonyl (C=O) groups excluding carboxylic acids is 2. The van der Waals surface area contributed by atoms with Crippen LogP contribution in [0.2, 0.25) is 5.02 Å². The fourth-order valence-electron chi connectivity index (χ4n) is 2.58. The Balaban J connectivity index is 1.96. The second-order valence-corrected chi connectivity index (χ2v) is 9.08. The van der Waals surface area contributed by atoms with E-state index in [4.69, 9.17) is 33.7 Å². The first kappa shape index (κ1) is 22.9. The van der Waals surface area contributed by atoms with Crippen LogP contribution >= 0.6 is 69.0 Å². The molecule has 1 heterocycles. The number of rotatable bonds is 5. The molecule has 2 N–H and O–H groups in total. The lowest BCUT2D eigenvalue weighted by molar-refractivity contribution is -0.139. The summed E-state index contributed by atoms with van der Waals surface area (Å²) in [6.07, 6.45) is 1.45. The van der Waals surface area contributed by atoms with Gasteiger partial charge in [-0.2, -0.15) is 0 Å². The van der Waals surface area contributed by atoms with E-state index in [1.54, 1.807) is 36.4 Å². The van der Waals surface area contributed by atoms with Crippen LogP contribution in [0.1, 0.15) is 5.56 Å². The van der Waals surface area contributed by atoms with Gasteiger partial charge in [-0.05, 0) is 105 Å². The summed E-state index contributed by atoms with van der Waals surface area (Å²) in [5.41, 5.74) is 0.958. The predicted molar refractivity (Wildman–Crippen MR) is 133 cm³/mol. The topological polar surface area (TPSA) is 95.9 Å². The largest absolute Gasteiger partial charge is 0.480 e. The Morgan fingerprint density at radius 1 is 1.20 bits per heavy atom. The van der Waals surface area contributed by atoms with Crippen molar-refractivity contribution in [3.63, 3.8) is 0 Å². The molecule has 0 bridgehead atoms. The van der Waals surface area contributed by atoms with Gasteiger partial charge < -0.3 is 9.84 Å². The average Bonchev–Trinajstić information content (AvgIpc) is 2.65. The van der Waals surface area contributed by atoms with Gasteiger partial charge in [-0.3, -0.25) is 19.8 Å². The smallest absolute Gasteiger partial charge is 0.341 e. The molecule has 0 saturated carbocycles. The third-order valence-corrected chi connectivity index (χ3v) is 6.00. The molecule has 0 spiro atoms. The van der Waals surface area contributed by atoms with Crippen molar-refractivity contribution in [2.75, 3.05) is 11.5 Å². The molecule has 7 nitrogen and oxygen atoms in total. The highest BCUT2D eigenvalue weighted by molar-refractivity contribution is 14.1. The number of hydrogen-bond donors (Lipinski definition) is 2. The van der Waals surface area contributed by atoms with Gasteiger partial charge in [0.2, 0.25) is 0 Å². The highest BCUT2D eigenvalue weighted by atomic mass is 127. The zero-order valence-corrected chi connectivity index (χ0v) is 20.7. The van der Waals surface area contributed by atoms with E-state index < -0.39 is 24.4 Å². The molecule has 154 valence electrons. The number of anilines is 1. The number of aliphatic carboxylic acids is 1. The lowest BCUT2D eigenvalue weighted by Crippen LogP contribution is -2.54. The average molecular weight is 669 g/mol. The van der Waals surface area contributed by atoms with Crippen molar-refractivity contribution in [3.8, 4) is 5.75 Å². The monoisotopic (exact) mass is 668 g/mol. The van der Waals surface area contributed by atoms with Crippen LogP contribution in [0.3, 0.4) is 0 Å². The maximum absolute atomic E-state index is 13.0. The van der Waals surface area contributed by atoms with Crippen molar-refractivity contribution in [1.29, 1.82) is 0 Å². The van der Waals surface area contributed by atoms with Gasteiger partial charge in [0.15, 0.2) is 11.7 Å². The Morgan fingerprint density at radius 2 is 1.80 bits per heavy atom. The summed E-state index contributed by atoms with van der Waals surface area (Å²) in [5, 5.41) is 11.8. The molecule has 1 fully saturated rings.